The second kappa shape index (κ2) is 5.55. The normalized spacial score (nSPS) is 12.3. The summed E-state index contributed by atoms with van der Waals surface area (Å²) in [6.45, 7) is 2.77. The Labute approximate surface area is 105 Å². The average molecular weight is 249 g/mol. The minimum absolute atomic E-state index is 0.132. The van der Waals surface area contributed by atoms with E-state index in [1.54, 1.807) is 24.7 Å². The summed E-state index contributed by atoms with van der Waals surface area (Å²) in [5.41, 5.74) is 0.947. The number of carbonyl (C=O) groups excluding carboxylic acids is 1. The first-order valence-corrected chi connectivity index (χ1v) is 5.69. The zero-order valence-corrected chi connectivity index (χ0v) is 10.3. The molecule has 0 aliphatic carbocycles. The summed E-state index contributed by atoms with van der Waals surface area (Å²) in [6.07, 6.45) is 3.25. The molecule has 2 heterocycles. The Morgan fingerprint density at radius 1 is 1.44 bits per heavy atom. The van der Waals surface area contributed by atoms with Gasteiger partial charge in [-0.2, -0.15) is 0 Å². The second-order valence-corrected chi connectivity index (χ2v) is 3.74. The smallest absolute Gasteiger partial charge is 0.373 e. The molecule has 0 radical (unpaired) electrons. The molecule has 1 unspecified atom stereocenters. The van der Waals surface area contributed by atoms with Gasteiger partial charge in [0.2, 0.25) is 5.76 Å². The number of carbonyl (C=O) groups is 1. The minimum atomic E-state index is -0.483. The van der Waals surface area contributed by atoms with E-state index < -0.39 is 5.97 Å². The van der Waals surface area contributed by atoms with Gasteiger partial charge in [0.15, 0.2) is 0 Å². The first-order chi connectivity index (χ1) is 8.76. The number of ether oxygens (including phenoxy) is 1. The van der Waals surface area contributed by atoms with Gasteiger partial charge in [-0.1, -0.05) is 6.92 Å². The van der Waals surface area contributed by atoms with E-state index in [4.69, 9.17) is 8.83 Å². The molecule has 0 spiro atoms. The summed E-state index contributed by atoms with van der Waals surface area (Å²) >= 11 is 0. The maximum atomic E-state index is 11.3. The highest BCUT2D eigenvalue weighted by molar-refractivity contribution is 5.86. The molecule has 2 aromatic rings. The number of esters is 1. The molecule has 2 aromatic heterocycles. The zero-order valence-electron chi connectivity index (χ0n) is 10.3. The summed E-state index contributed by atoms with van der Waals surface area (Å²) in [5.74, 6) is 0.362. The summed E-state index contributed by atoms with van der Waals surface area (Å²) in [6, 6.07) is 5.08. The van der Waals surface area contributed by atoms with Crippen molar-refractivity contribution in [2.24, 2.45) is 0 Å². The van der Waals surface area contributed by atoms with Crippen molar-refractivity contribution in [3.63, 3.8) is 0 Å². The van der Waals surface area contributed by atoms with Crippen molar-refractivity contribution in [1.82, 2.24) is 5.32 Å². The molecule has 0 aromatic carbocycles. The van der Waals surface area contributed by atoms with Gasteiger partial charge < -0.3 is 18.9 Å². The number of methoxy groups -OCH3 is 1. The lowest BCUT2D eigenvalue weighted by molar-refractivity contribution is 0.0562. The minimum Gasteiger partial charge on any atom is -0.472 e. The molecule has 2 rings (SSSR count). The second-order valence-electron chi connectivity index (χ2n) is 3.74. The summed E-state index contributed by atoms with van der Waals surface area (Å²) in [4.78, 5) is 11.3. The molecule has 0 saturated heterocycles. The van der Waals surface area contributed by atoms with Gasteiger partial charge >= 0.3 is 5.97 Å². The van der Waals surface area contributed by atoms with Crippen LogP contribution in [0.1, 0.15) is 34.8 Å². The van der Waals surface area contributed by atoms with Gasteiger partial charge in [0.25, 0.3) is 0 Å². The van der Waals surface area contributed by atoms with Crippen LogP contribution >= 0.6 is 0 Å². The highest BCUT2D eigenvalue weighted by Crippen LogP contribution is 2.24. The molecule has 0 aliphatic heterocycles. The van der Waals surface area contributed by atoms with Gasteiger partial charge in [-0.05, 0) is 24.7 Å². The van der Waals surface area contributed by atoms with Gasteiger partial charge in [0, 0.05) is 5.56 Å². The molecule has 1 N–H and O–H groups in total. The number of hydrogen-bond acceptors (Lipinski definition) is 5. The fraction of sp³-hybridized carbons (Fsp3) is 0.308. The van der Waals surface area contributed by atoms with Crippen LogP contribution in [0.3, 0.4) is 0 Å². The highest BCUT2D eigenvalue weighted by atomic mass is 16.5. The van der Waals surface area contributed by atoms with Gasteiger partial charge in [-0.25, -0.2) is 4.79 Å². The van der Waals surface area contributed by atoms with Crippen molar-refractivity contribution in [2.75, 3.05) is 13.7 Å². The molecular formula is C13H15NO4. The van der Waals surface area contributed by atoms with Gasteiger partial charge in [-0.3, -0.25) is 0 Å². The van der Waals surface area contributed by atoms with Crippen LogP contribution in [0.4, 0.5) is 0 Å². The third-order valence-electron chi connectivity index (χ3n) is 2.58. The number of rotatable bonds is 5. The third kappa shape index (κ3) is 2.46. The van der Waals surface area contributed by atoms with Gasteiger partial charge in [0.05, 0.1) is 25.7 Å². The molecular weight excluding hydrogens is 234 g/mol. The molecule has 1 atom stereocenters. The van der Waals surface area contributed by atoms with Gasteiger partial charge in [0.1, 0.15) is 5.76 Å². The third-order valence-corrected chi connectivity index (χ3v) is 2.58. The summed E-state index contributed by atoms with van der Waals surface area (Å²) < 4.78 is 15.2. The lowest BCUT2D eigenvalue weighted by Gasteiger charge is -2.13. The molecule has 0 amide bonds. The summed E-state index contributed by atoms with van der Waals surface area (Å²) in [7, 11) is 1.32. The van der Waals surface area contributed by atoms with E-state index in [-0.39, 0.29) is 11.8 Å². The van der Waals surface area contributed by atoms with Crippen LogP contribution in [0.15, 0.2) is 39.6 Å². The molecule has 0 aliphatic rings. The number of furan rings is 2. The van der Waals surface area contributed by atoms with E-state index in [1.165, 1.54) is 7.11 Å². The maximum absolute atomic E-state index is 11.3. The van der Waals surface area contributed by atoms with Crippen LogP contribution in [-0.2, 0) is 4.74 Å². The fourth-order valence-electron chi connectivity index (χ4n) is 1.74. The van der Waals surface area contributed by atoms with Crippen LogP contribution in [0.25, 0.3) is 0 Å². The summed E-state index contributed by atoms with van der Waals surface area (Å²) in [5, 5.41) is 3.27. The van der Waals surface area contributed by atoms with E-state index in [1.807, 2.05) is 13.0 Å². The molecule has 0 bridgehead atoms. The van der Waals surface area contributed by atoms with E-state index in [0.29, 0.717) is 5.76 Å². The lowest BCUT2D eigenvalue weighted by Crippen LogP contribution is -2.21. The molecule has 18 heavy (non-hydrogen) atoms. The Morgan fingerprint density at radius 2 is 2.28 bits per heavy atom. The van der Waals surface area contributed by atoms with E-state index in [9.17, 15) is 4.79 Å². The average Bonchev–Trinajstić information content (AvgIpc) is 3.06. The molecule has 5 nitrogen and oxygen atoms in total. The number of nitrogens with one attached hydrogen (secondary N) is 1. The van der Waals surface area contributed by atoms with Crippen LogP contribution in [-0.4, -0.2) is 19.6 Å². The largest absolute Gasteiger partial charge is 0.472 e. The molecule has 0 saturated carbocycles. The SMILES string of the molecule is CCNC(c1ccoc1)c1ccc(C(=O)OC)o1. The molecule has 0 fully saturated rings. The van der Waals surface area contributed by atoms with Crippen molar-refractivity contribution in [3.05, 3.63) is 47.8 Å². The van der Waals surface area contributed by atoms with Crippen molar-refractivity contribution >= 4 is 5.97 Å². The van der Waals surface area contributed by atoms with Gasteiger partial charge in [-0.15, -0.1) is 0 Å². The number of hydrogen-bond donors (Lipinski definition) is 1. The van der Waals surface area contributed by atoms with Crippen molar-refractivity contribution in [2.45, 2.75) is 13.0 Å². The first-order valence-electron chi connectivity index (χ1n) is 5.69. The van der Waals surface area contributed by atoms with Crippen molar-refractivity contribution < 1.29 is 18.4 Å². The van der Waals surface area contributed by atoms with Crippen LogP contribution in [0.5, 0.6) is 0 Å². The molecule has 5 heteroatoms. The Hall–Kier alpha value is -2.01. The Balaban J connectivity index is 2.26. The molecule has 96 valence electrons. The standard InChI is InChI=1S/C13H15NO4/c1-3-14-12(9-6-7-17-8-9)10-4-5-11(18-10)13(15)16-2/h4-8,12,14H,3H2,1-2H3. The van der Waals surface area contributed by atoms with Crippen LogP contribution in [0.2, 0.25) is 0 Å². The highest BCUT2D eigenvalue weighted by Gasteiger charge is 2.20. The Bertz CT molecular complexity index is 501. The van der Waals surface area contributed by atoms with E-state index >= 15 is 0 Å². The first kappa shape index (κ1) is 12.4. The predicted octanol–water partition coefficient (Wildman–Crippen LogP) is 2.36. The Morgan fingerprint density at radius 3 is 2.89 bits per heavy atom. The monoisotopic (exact) mass is 249 g/mol. The van der Waals surface area contributed by atoms with Crippen molar-refractivity contribution in [3.8, 4) is 0 Å². The fourth-order valence-corrected chi connectivity index (χ4v) is 1.74. The quantitative estimate of drug-likeness (QED) is 0.824. The zero-order chi connectivity index (χ0) is 13.0. The van der Waals surface area contributed by atoms with E-state index in [0.717, 1.165) is 12.1 Å². The van der Waals surface area contributed by atoms with E-state index in [2.05, 4.69) is 10.1 Å². The lowest BCUT2D eigenvalue weighted by atomic mass is 10.1. The topological polar surface area (TPSA) is 64.6 Å². The maximum Gasteiger partial charge on any atom is 0.373 e. The van der Waals surface area contributed by atoms with Crippen LogP contribution in [0, 0.1) is 0 Å². The van der Waals surface area contributed by atoms with Crippen LogP contribution < -0.4 is 5.32 Å². The van der Waals surface area contributed by atoms with Crippen molar-refractivity contribution in [1.29, 1.82) is 0 Å². The predicted molar refractivity (Wildman–Crippen MR) is 64.3 cm³/mol. The Kier molecular flexibility index (Phi) is 3.84.